The van der Waals surface area contributed by atoms with Crippen LogP contribution < -0.4 is 10.6 Å². The van der Waals surface area contributed by atoms with Gasteiger partial charge in [0.25, 0.3) is 0 Å². The quantitative estimate of drug-likeness (QED) is 0.867. The first-order chi connectivity index (χ1) is 9.76. The van der Waals surface area contributed by atoms with Crippen LogP contribution in [0.4, 0.5) is 11.8 Å². The van der Waals surface area contributed by atoms with Gasteiger partial charge in [-0.25, -0.2) is 4.98 Å². The number of hydrogen-bond donors (Lipinski definition) is 2. The predicted octanol–water partition coefficient (Wildman–Crippen LogP) is 4.18. The Morgan fingerprint density at radius 2 is 2.10 bits per heavy atom. The lowest BCUT2D eigenvalue weighted by molar-refractivity contribution is 0.751. The van der Waals surface area contributed by atoms with Crippen molar-refractivity contribution in [2.45, 2.75) is 52.0 Å². The van der Waals surface area contributed by atoms with Crippen molar-refractivity contribution in [3.8, 4) is 0 Å². The number of aryl methyl sites for hydroxylation is 1. The zero-order valence-electron chi connectivity index (χ0n) is 12.2. The highest BCUT2D eigenvalue weighted by atomic mass is 32.1. The van der Waals surface area contributed by atoms with Crippen LogP contribution in [-0.2, 0) is 0 Å². The van der Waals surface area contributed by atoms with Crippen LogP contribution >= 0.6 is 11.3 Å². The fourth-order valence-corrected chi connectivity index (χ4v) is 3.61. The highest BCUT2D eigenvalue weighted by Gasteiger charge is 2.18. The molecule has 0 aromatic carbocycles. The van der Waals surface area contributed by atoms with Gasteiger partial charge in [0.2, 0.25) is 5.95 Å². The molecule has 0 amide bonds. The van der Waals surface area contributed by atoms with E-state index in [9.17, 15) is 0 Å². The van der Waals surface area contributed by atoms with Crippen molar-refractivity contribution in [1.29, 1.82) is 0 Å². The molecule has 1 fully saturated rings. The number of fused-ring (bicyclic) bond motifs is 1. The average Bonchev–Trinajstić information content (AvgIpc) is 3.05. The van der Waals surface area contributed by atoms with Gasteiger partial charge in [0.1, 0.15) is 10.6 Å². The summed E-state index contributed by atoms with van der Waals surface area (Å²) in [6.45, 7) is 5.20. The Kier molecular flexibility index (Phi) is 4.05. The zero-order chi connectivity index (χ0) is 13.9. The van der Waals surface area contributed by atoms with E-state index >= 15 is 0 Å². The summed E-state index contributed by atoms with van der Waals surface area (Å²) in [6.07, 6.45) is 6.25. The molecular weight excluding hydrogens is 268 g/mol. The number of rotatable bonds is 5. The number of aromatic nitrogens is 2. The monoisotopic (exact) mass is 290 g/mol. The molecule has 1 saturated carbocycles. The van der Waals surface area contributed by atoms with Gasteiger partial charge in [0, 0.05) is 17.5 Å². The summed E-state index contributed by atoms with van der Waals surface area (Å²) in [5.41, 5.74) is 0. The van der Waals surface area contributed by atoms with Gasteiger partial charge < -0.3 is 10.6 Å². The summed E-state index contributed by atoms with van der Waals surface area (Å²) in [5.74, 6) is 1.76. The minimum atomic E-state index is 0.576. The number of nitrogens with one attached hydrogen (secondary N) is 2. The molecule has 0 bridgehead atoms. The maximum absolute atomic E-state index is 4.69. The molecule has 1 aliphatic carbocycles. The summed E-state index contributed by atoms with van der Waals surface area (Å²) in [7, 11) is 0. The number of anilines is 2. The second-order valence-electron chi connectivity index (χ2n) is 5.52. The summed E-state index contributed by atoms with van der Waals surface area (Å²) in [5, 5.41) is 8.10. The van der Waals surface area contributed by atoms with Gasteiger partial charge in [-0.15, -0.1) is 11.3 Å². The molecule has 20 heavy (non-hydrogen) atoms. The van der Waals surface area contributed by atoms with Crippen molar-refractivity contribution in [2.75, 3.05) is 17.2 Å². The zero-order valence-corrected chi connectivity index (χ0v) is 13.0. The van der Waals surface area contributed by atoms with E-state index in [-0.39, 0.29) is 0 Å². The summed E-state index contributed by atoms with van der Waals surface area (Å²) < 4.78 is 0. The van der Waals surface area contributed by atoms with Gasteiger partial charge in [0.15, 0.2) is 0 Å². The molecule has 2 heterocycles. The highest BCUT2D eigenvalue weighted by molar-refractivity contribution is 7.18. The van der Waals surface area contributed by atoms with Gasteiger partial charge in [-0.1, -0.05) is 19.8 Å². The van der Waals surface area contributed by atoms with Gasteiger partial charge in [0.05, 0.1) is 5.39 Å². The second-order valence-corrected chi connectivity index (χ2v) is 6.76. The molecule has 2 aromatic rings. The lowest BCUT2D eigenvalue weighted by atomic mass is 10.2. The predicted molar refractivity (Wildman–Crippen MR) is 86.8 cm³/mol. The Labute approximate surface area is 124 Å². The number of thiophene rings is 1. The molecule has 4 nitrogen and oxygen atoms in total. The molecule has 108 valence electrons. The first-order valence-corrected chi connectivity index (χ1v) is 8.36. The third-order valence-electron chi connectivity index (χ3n) is 3.75. The van der Waals surface area contributed by atoms with Crippen LogP contribution in [-0.4, -0.2) is 22.6 Å². The smallest absolute Gasteiger partial charge is 0.226 e. The Balaban J connectivity index is 1.93. The minimum Gasteiger partial charge on any atom is -0.367 e. The number of hydrogen-bond acceptors (Lipinski definition) is 5. The molecular formula is C15H22N4S. The molecule has 0 unspecified atom stereocenters. The van der Waals surface area contributed by atoms with Crippen LogP contribution in [0.15, 0.2) is 6.07 Å². The van der Waals surface area contributed by atoms with Crippen LogP contribution in [0.5, 0.6) is 0 Å². The van der Waals surface area contributed by atoms with Crippen LogP contribution in [0.2, 0.25) is 0 Å². The van der Waals surface area contributed by atoms with Gasteiger partial charge in [-0.05, 0) is 32.3 Å². The van der Waals surface area contributed by atoms with Crippen LogP contribution in [0.3, 0.4) is 0 Å². The van der Waals surface area contributed by atoms with Crippen molar-refractivity contribution in [1.82, 2.24) is 9.97 Å². The average molecular weight is 290 g/mol. The standard InChI is InChI=1S/C15H22N4S/c1-3-8-16-15-18-13(17-11-6-4-5-7-11)12-9-10(2)20-14(12)19-15/h9,11H,3-8H2,1-2H3,(H2,16,17,18,19). The topological polar surface area (TPSA) is 49.8 Å². The Morgan fingerprint density at radius 1 is 1.30 bits per heavy atom. The maximum atomic E-state index is 4.69. The van der Waals surface area contributed by atoms with Crippen molar-refractivity contribution in [3.05, 3.63) is 10.9 Å². The molecule has 5 heteroatoms. The summed E-state index contributed by atoms with van der Waals surface area (Å²) in [4.78, 5) is 11.7. The first-order valence-electron chi connectivity index (χ1n) is 7.55. The SMILES string of the molecule is CCCNc1nc(NC2CCCC2)c2cc(C)sc2n1. The molecule has 0 spiro atoms. The minimum absolute atomic E-state index is 0.576. The van der Waals surface area contributed by atoms with E-state index in [1.165, 1.54) is 35.9 Å². The van der Waals surface area contributed by atoms with E-state index in [1.54, 1.807) is 11.3 Å². The molecule has 0 atom stereocenters. The molecule has 0 saturated heterocycles. The lowest BCUT2D eigenvalue weighted by Crippen LogP contribution is -2.16. The Morgan fingerprint density at radius 3 is 2.85 bits per heavy atom. The van der Waals surface area contributed by atoms with Crippen LogP contribution in [0.1, 0.15) is 43.9 Å². The molecule has 2 aromatic heterocycles. The summed E-state index contributed by atoms with van der Waals surface area (Å²) in [6, 6.07) is 2.77. The van der Waals surface area contributed by atoms with E-state index < -0.39 is 0 Å². The van der Waals surface area contributed by atoms with E-state index in [4.69, 9.17) is 0 Å². The lowest BCUT2D eigenvalue weighted by Gasteiger charge is -2.14. The normalized spacial score (nSPS) is 15.9. The van der Waals surface area contributed by atoms with Gasteiger partial charge in [-0.2, -0.15) is 4.98 Å². The van der Waals surface area contributed by atoms with Crippen molar-refractivity contribution < 1.29 is 0 Å². The molecule has 2 N–H and O–H groups in total. The van der Waals surface area contributed by atoms with Gasteiger partial charge >= 0.3 is 0 Å². The van der Waals surface area contributed by atoms with Crippen molar-refractivity contribution >= 4 is 33.3 Å². The fraction of sp³-hybridized carbons (Fsp3) is 0.600. The third kappa shape index (κ3) is 2.87. The largest absolute Gasteiger partial charge is 0.367 e. The Hall–Kier alpha value is -1.36. The maximum Gasteiger partial charge on any atom is 0.226 e. The molecule has 3 rings (SSSR count). The van der Waals surface area contributed by atoms with E-state index in [2.05, 4.69) is 40.5 Å². The van der Waals surface area contributed by atoms with Crippen LogP contribution in [0, 0.1) is 6.92 Å². The van der Waals surface area contributed by atoms with Gasteiger partial charge in [-0.3, -0.25) is 0 Å². The van der Waals surface area contributed by atoms with E-state index in [0.29, 0.717) is 6.04 Å². The van der Waals surface area contributed by atoms with E-state index in [1.807, 2.05) is 0 Å². The second kappa shape index (κ2) is 5.95. The Bertz CT molecular complexity index is 587. The molecule has 0 radical (unpaired) electrons. The molecule has 1 aliphatic rings. The van der Waals surface area contributed by atoms with E-state index in [0.717, 1.165) is 29.6 Å². The highest BCUT2D eigenvalue weighted by Crippen LogP contribution is 2.31. The third-order valence-corrected chi connectivity index (χ3v) is 4.69. The fourth-order valence-electron chi connectivity index (χ4n) is 2.73. The molecule has 0 aliphatic heterocycles. The van der Waals surface area contributed by atoms with Crippen molar-refractivity contribution in [2.24, 2.45) is 0 Å². The first kappa shape index (κ1) is 13.6. The summed E-state index contributed by atoms with van der Waals surface area (Å²) >= 11 is 1.74. The van der Waals surface area contributed by atoms with Crippen molar-refractivity contribution in [3.63, 3.8) is 0 Å². The number of nitrogens with zero attached hydrogens (tertiary/aromatic N) is 2. The van der Waals surface area contributed by atoms with Crippen LogP contribution in [0.25, 0.3) is 10.2 Å².